The number of anilines is 3. The number of aryl methyl sites for hydroxylation is 1. The van der Waals surface area contributed by atoms with E-state index in [0.717, 1.165) is 24.5 Å². The maximum Gasteiger partial charge on any atom is 0.228 e. The quantitative estimate of drug-likeness (QED) is 0.729. The highest BCUT2D eigenvalue weighted by Gasteiger charge is 2.30. The van der Waals surface area contributed by atoms with Crippen molar-refractivity contribution in [3.8, 4) is 0 Å². The second-order valence-electron chi connectivity index (χ2n) is 7.57. The highest BCUT2D eigenvalue weighted by Crippen LogP contribution is 2.31. The van der Waals surface area contributed by atoms with Crippen molar-refractivity contribution in [2.24, 2.45) is 11.8 Å². The van der Waals surface area contributed by atoms with Gasteiger partial charge in [0, 0.05) is 42.4 Å². The predicted octanol–water partition coefficient (Wildman–Crippen LogP) is 4.21. The van der Waals surface area contributed by atoms with Crippen molar-refractivity contribution < 1.29 is 14.1 Å². The largest absolute Gasteiger partial charge is 0.372 e. The maximum atomic E-state index is 12.6. The van der Waals surface area contributed by atoms with E-state index in [4.69, 9.17) is 4.52 Å². The molecule has 156 valence electrons. The molecule has 1 aromatic heterocycles. The smallest absolute Gasteiger partial charge is 0.228 e. The second-order valence-corrected chi connectivity index (χ2v) is 7.57. The van der Waals surface area contributed by atoms with Crippen LogP contribution in [0.1, 0.15) is 45.3 Å². The van der Waals surface area contributed by atoms with Gasteiger partial charge in [0.1, 0.15) is 5.76 Å². The fourth-order valence-corrected chi connectivity index (χ4v) is 3.86. The normalized spacial score (nSPS) is 18.9. The summed E-state index contributed by atoms with van der Waals surface area (Å²) in [5.41, 5.74) is 1.97. The van der Waals surface area contributed by atoms with Crippen LogP contribution < -0.4 is 15.5 Å². The third-order valence-electron chi connectivity index (χ3n) is 5.61. The first-order valence-corrected chi connectivity index (χ1v) is 10.4. The van der Waals surface area contributed by atoms with Crippen LogP contribution in [0.3, 0.4) is 0 Å². The van der Waals surface area contributed by atoms with Gasteiger partial charge in [0.25, 0.3) is 0 Å². The van der Waals surface area contributed by atoms with Gasteiger partial charge in [-0.1, -0.05) is 5.16 Å². The lowest BCUT2D eigenvalue weighted by Crippen LogP contribution is -2.32. The first-order valence-electron chi connectivity index (χ1n) is 10.4. The molecule has 1 aliphatic rings. The minimum absolute atomic E-state index is 0.0339. The van der Waals surface area contributed by atoms with Crippen molar-refractivity contribution in [2.75, 3.05) is 28.6 Å². The topological polar surface area (TPSA) is 87.5 Å². The van der Waals surface area contributed by atoms with E-state index in [2.05, 4.69) is 34.5 Å². The molecule has 2 amide bonds. The number of carbonyl (C=O) groups excluding carboxylic acids is 2. The number of hydrogen-bond acceptors (Lipinski definition) is 5. The fraction of sp³-hybridized carbons (Fsp3) is 0.500. The minimum atomic E-state index is -0.0931. The predicted molar refractivity (Wildman–Crippen MR) is 114 cm³/mol. The lowest BCUT2D eigenvalue weighted by Gasteiger charge is -2.27. The van der Waals surface area contributed by atoms with Gasteiger partial charge in [0.2, 0.25) is 11.8 Å². The van der Waals surface area contributed by atoms with Crippen LogP contribution in [0.5, 0.6) is 0 Å². The van der Waals surface area contributed by atoms with Crippen LogP contribution in [0.2, 0.25) is 0 Å². The van der Waals surface area contributed by atoms with Crippen molar-refractivity contribution in [3.05, 3.63) is 36.1 Å². The summed E-state index contributed by atoms with van der Waals surface area (Å²) in [7, 11) is 0. The Morgan fingerprint density at radius 2 is 1.55 bits per heavy atom. The third-order valence-corrected chi connectivity index (χ3v) is 5.61. The van der Waals surface area contributed by atoms with Crippen LogP contribution in [-0.2, 0) is 9.59 Å². The van der Waals surface area contributed by atoms with E-state index < -0.39 is 0 Å². The SMILES string of the molecule is CCN(CC)c1ccc(NC(=O)C2CCC(C(=O)Nc3cc(C)on3)CC2)cc1. The molecule has 0 bridgehead atoms. The summed E-state index contributed by atoms with van der Waals surface area (Å²) < 4.78 is 4.97. The van der Waals surface area contributed by atoms with Crippen LogP contribution >= 0.6 is 0 Å². The summed E-state index contributed by atoms with van der Waals surface area (Å²) in [6.45, 7) is 7.94. The molecular formula is C22H30N4O3. The van der Waals surface area contributed by atoms with Gasteiger partial charge in [0.15, 0.2) is 5.82 Å². The zero-order valence-electron chi connectivity index (χ0n) is 17.4. The highest BCUT2D eigenvalue weighted by atomic mass is 16.5. The maximum absolute atomic E-state index is 12.6. The minimum Gasteiger partial charge on any atom is -0.372 e. The molecule has 0 unspecified atom stereocenters. The molecule has 2 aromatic rings. The molecule has 7 nitrogen and oxygen atoms in total. The van der Waals surface area contributed by atoms with E-state index in [1.165, 1.54) is 0 Å². The average molecular weight is 399 g/mol. The molecular weight excluding hydrogens is 368 g/mol. The van der Waals surface area contributed by atoms with Crippen LogP contribution in [-0.4, -0.2) is 30.1 Å². The highest BCUT2D eigenvalue weighted by molar-refractivity contribution is 5.94. The number of rotatable bonds is 7. The molecule has 1 aromatic carbocycles. The molecule has 3 rings (SSSR count). The zero-order chi connectivity index (χ0) is 20.8. The van der Waals surface area contributed by atoms with Crippen molar-refractivity contribution in [2.45, 2.75) is 46.5 Å². The van der Waals surface area contributed by atoms with E-state index in [1.54, 1.807) is 13.0 Å². The number of aromatic nitrogens is 1. The Morgan fingerprint density at radius 3 is 2.03 bits per heavy atom. The Kier molecular flexibility index (Phi) is 6.90. The van der Waals surface area contributed by atoms with Gasteiger partial charge in [0.05, 0.1) is 0 Å². The molecule has 0 aliphatic heterocycles. The first-order chi connectivity index (χ1) is 14.0. The second kappa shape index (κ2) is 9.58. The Labute approximate surface area is 171 Å². The summed E-state index contributed by atoms with van der Waals surface area (Å²) in [6.07, 6.45) is 2.81. The Hall–Kier alpha value is -2.83. The van der Waals surface area contributed by atoms with Crippen molar-refractivity contribution >= 4 is 29.0 Å². The number of carbonyl (C=O) groups is 2. The van der Waals surface area contributed by atoms with Gasteiger partial charge in [-0.05, 0) is 70.7 Å². The summed E-state index contributed by atoms with van der Waals surface area (Å²) in [4.78, 5) is 27.3. The molecule has 29 heavy (non-hydrogen) atoms. The fourth-order valence-electron chi connectivity index (χ4n) is 3.86. The van der Waals surface area contributed by atoms with Gasteiger partial charge in [-0.15, -0.1) is 0 Å². The van der Waals surface area contributed by atoms with Crippen LogP contribution in [0.15, 0.2) is 34.9 Å². The molecule has 0 saturated heterocycles. The van der Waals surface area contributed by atoms with Crippen molar-refractivity contribution in [1.82, 2.24) is 5.16 Å². The lowest BCUT2D eigenvalue weighted by atomic mass is 9.81. The molecule has 0 radical (unpaired) electrons. The zero-order valence-corrected chi connectivity index (χ0v) is 17.4. The number of hydrogen-bond donors (Lipinski definition) is 2. The molecule has 1 fully saturated rings. The summed E-state index contributed by atoms with van der Waals surface area (Å²) in [5, 5.41) is 9.61. The van der Waals surface area contributed by atoms with Crippen molar-refractivity contribution in [3.63, 3.8) is 0 Å². The van der Waals surface area contributed by atoms with E-state index in [0.29, 0.717) is 37.3 Å². The van der Waals surface area contributed by atoms with E-state index >= 15 is 0 Å². The van der Waals surface area contributed by atoms with Gasteiger partial charge < -0.3 is 20.1 Å². The van der Waals surface area contributed by atoms with Crippen LogP contribution in [0.25, 0.3) is 0 Å². The molecule has 0 atom stereocenters. The van der Waals surface area contributed by atoms with E-state index in [1.807, 2.05) is 24.3 Å². The lowest BCUT2D eigenvalue weighted by molar-refractivity contribution is -0.125. The summed E-state index contributed by atoms with van der Waals surface area (Å²) in [5.74, 6) is 0.933. The third kappa shape index (κ3) is 5.37. The monoisotopic (exact) mass is 398 g/mol. The Morgan fingerprint density at radius 1 is 1.00 bits per heavy atom. The number of amides is 2. The molecule has 7 heteroatoms. The number of nitrogens with one attached hydrogen (secondary N) is 2. The molecule has 2 N–H and O–H groups in total. The van der Waals surface area contributed by atoms with E-state index in [-0.39, 0.29) is 23.7 Å². The summed E-state index contributed by atoms with van der Waals surface area (Å²) >= 11 is 0. The standard InChI is InChI=1S/C22H30N4O3/c1-4-26(5-2)19-12-10-18(11-13-19)23-21(27)16-6-8-17(9-7-16)22(28)24-20-14-15(3)29-25-20/h10-14,16-17H,4-9H2,1-3H3,(H,23,27)(H,24,25,28). The Balaban J connectivity index is 1.47. The van der Waals surface area contributed by atoms with Crippen LogP contribution in [0.4, 0.5) is 17.2 Å². The number of nitrogens with zero attached hydrogens (tertiary/aromatic N) is 2. The average Bonchev–Trinajstić information content (AvgIpc) is 3.14. The molecule has 0 spiro atoms. The van der Waals surface area contributed by atoms with Gasteiger partial charge in [-0.25, -0.2) is 0 Å². The number of benzene rings is 1. The van der Waals surface area contributed by atoms with Crippen LogP contribution in [0, 0.1) is 18.8 Å². The molecule has 1 aliphatic carbocycles. The molecule has 1 saturated carbocycles. The summed E-state index contributed by atoms with van der Waals surface area (Å²) in [6, 6.07) is 9.67. The van der Waals surface area contributed by atoms with Gasteiger partial charge in [-0.3, -0.25) is 9.59 Å². The van der Waals surface area contributed by atoms with Gasteiger partial charge in [-0.2, -0.15) is 0 Å². The first kappa shape index (κ1) is 20.9. The van der Waals surface area contributed by atoms with Crippen molar-refractivity contribution in [1.29, 1.82) is 0 Å². The van der Waals surface area contributed by atoms with E-state index in [9.17, 15) is 9.59 Å². The van der Waals surface area contributed by atoms with Gasteiger partial charge >= 0.3 is 0 Å². The Bertz CT molecular complexity index is 819. The molecule has 1 heterocycles.